The summed E-state index contributed by atoms with van der Waals surface area (Å²) >= 11 is 0. The fourth-order valence-corrected chi connectivity index (χ4v) is 3.43. The van der Waals surface area contributed by atoms with Crippen LogP contribution in [-0.2, 0) is 28.6 Å². The second kappa shape index (κ2) is 9.80. The Bertz CT molecular complexity index is 691. The van der Waals surface area contributed by atoms with E-state index in [1.165, 1.54) is 7.11 Å². The summed E-state index contributed by atoms with van der Waals surface area (Å²) in [5.41, 5.74) is 1.13. The molecule has 2 aliphatic rings. The Morgan fingerprint density at radius 1 is 1.50 bits per heavy atom. The maximum absolute atomic E-state index is 12.6. The van der Waals surface area contributed by atoms with Crippen LogP contribution in [0.15, 0.2) is 35.5 Å². The second-order valence-electron chi connectivity index (χ2n) is 7.13. The molecule has 2 rings (SSSR count). The van der Waals surface area contributed by atoms with Gasteiger partial charge in [0.1, 0.15) is 24.6 Å². The van der Waals surface area contributed by atoms with E-state index in [2.05, 4.69) is 6.58 Å². The molecule has 0 aromatic rings. The van der Waals surface area contributed by atoms with Crippen molar-refractivity contribution in [2.75, 3.05) is 13.7 Å². The first-order valence-electron chi connectivity index (χ1n) is 9.46. The van der Waals surface area contributed by atoms with Crippen molar-refractivity contribution < 1.29 is 33.7 Å². The molecule has 1 fully saturated rings. The van der Waals surface area contributed by atoms with E-state index >= 15 is 0 Å². The van der Waals surface area contributed by atoms with Gasteiger partial charge in [-0.2, -0.15) is 0 Å². The van der Waals surface area contributed by atoms with Gasteiger partial charge in [-0.25, -0.2) is 4.79 Å². The lowest BCUT2D eigenvalue weighted by atomic mass is 9.83. The van der Waals surface area contributed by atoms with Crippen molar-refractivity contribution in [1.82, 2.24) is 0 Å². The van der Waals surface area contributed by atoms with Crippen molar-refractivity contribution >= 4 is 18.2 Å². The molecule has 154 valence electrons. The van der Waals surface area contributed by atoms with Crippen molar-refractivity contribution in [1.29, 1.82) is 0 Å². The molecule has 28 heavy (non-hydrogen) atoms. The zero-order valence-electron chi connectivity index (χ0n) is 16.6. The third kappa shape index (κ3) is 4.59. The van der Waals surface area contributed by atoms with Crippen LogP contribution in [-0.4, -0.2) is 55.4 Å². The molecule has 0 aromatic carbocycles. The van der Waals surface area contributed by atoms with E-state index in [0.29, 0.717) is 36.7 Å². The van der Waals surface area contributed by atoms with Crippen LogP contribution in [0.25, 0.3) is 0 Å². The molecule has 5 unspecified atom stereocenters. The van der Waals surface area contributed by atoms with Crippen molar-refractivity contribution in [3.8, 4) is 0 Å². The number of aliphatic hydroxyl groups is 1. The van der Waals surface area contributed by atoms with Crippen LogP contribution in [0.2, 0.25) is 0 Å². The Kier molecular flexibility index (Phi) is 7.71. The molecule has 0 amide bonds. The number of esters is 2. The average Bonchev–Trinajstić information content (AvgIpc) is 2.97. The molecule has 0 spiro atoms. The van der Waals surface area contributed by atoms with Crippen molar-refractivity contribution in [3.05, 3.63) is 35.5 Å². The van der Waals surface area contributed by atoms with Gasteiger partial charge in [0.05, 0.1) is 18.4 Å². The fraction of sp³-hybridized carbons (Fsp3) is 0.571. The Hall–Kier alpha value is -2.25. The van der Waals surface area contributed by atoms with Gasteiger partial charge in [0.25, 0.3) is 0 Å². The molecular formula is C21H28O7. The first-order chi connectivity index (χ1) is 13.4. The van der Waals surface area contributed by atoms with Crippen LogP contribution >= 0.6 is 0 Å². The minimum absolute atomic E-state index is 0.147. The molecule has 0 bridgehead atoms. The zero-order valence-corrected chi connectivity index (χ0v) is 16.6. The van der Waals surface area contributed by atoms with Gasteiger partial charge >= 0.3 is 11.9 Å². The quantitative estimate of drug-likeness (QED) is 0.319. The van der Waals surface area contributed by atoms with Crippen LogP contribution in [0.4, 0.5) is 0 Å². The SMILES string of the molecule is C=C1C(=O)OC2C=C(CO)CC/C=C(/C=O)C(OC)C(OC(=O)C(C)CC)C12. The van der Waals surface area contributed by atoms with Crippen molar-refractivity contribution in [2.24, 2.45) is 11.8 Å². The predicted molar refractivity (Wildman–Crippen MR) is 101 cm³/mol. The monoisotopic (exact) mass is 392 g/mol. The van der Waals surface area contributed by atoms with Gasteiger partial charge in [0.2, 0.25) is 0 Å². The highest BCUT2D eigenvalue weighted by atomic mass is 16.6. The van der Waals surface area contributed by atoms with Gasteiger partial charge in [-0.1, -0.05) is 26.5 Å². The van der Waals surface area contributed by atoms with E-state index in [0.717, 1.165) is 0 Å². The molecule has 0 saturated carbocycles. The molecule has 7 heteroatoms. The maximum Gasteiger partial charge on any atom is 0.334 e. The highest BCUT2D eigenvalue weighted by Gasteiger charge is 2.48. The summed E-state index contributed by atoms with van der Waals surface area (Å²) in [6, 6.07) is 0. The van der Waals surface area contributed by atoms with Gasteiger partial charge in [0, 0.05) is 18.3 Å². The van der Waals surface area contributed by atoms with E-state index in [1.807, 2.05) is 6.92 Å². The third-order valence-corrected chi connectivity index (χ3v) is 5.35. The molecule has 0 aromatic heterocycles. The largest absolute Gasteiger partial charge is 0.458 e. The number of allylic oxidation sites excluding steroid dienone is 1. The van der Waals surface area contributed by atoms with Gasteiger partial charge in [-0.05, 0) is 30.9 Å². The minimum Gasteiger partial charge on any atom is -0.458 e. The second-order valence-corrected chi connectivity index (χ2v) is 7.13. The summed E-state index contributed by atoms with van der Waals surface area (Å²) in [5, 5.41) is 9.63. The first kappa shape index (κ1) is 22.0. The third-order valence-electron chi connectivity index (χ3n) is 5.35. The maximum atomic E-state index is 12.6. The lowest BCUT2D eigenvalue weighted by Crippen LogP contribution is -2.44. The first-order valence-corrected chi connectivity index (χ1v) is 9.46. The van der Waals surface area contributed by atoms with Crippen LogP contribution < -0.4 is 0 Å². The molecule has 7 nitrogen and oxygen atoms in total. The lowest BCUT2D eigenvalue weighted by Gasteiger charge is -2.33. The number of hydrogen-bond acceptors (Lipinski definition) is 7. The molecule has 5 atom stereocenters. The smallest absolute Gasteiger partial charge is 0.334 e. The summed E-state index contributed by atoms with van der Waals surface area (Å²) in [6.45, 7) is 7.22. The molecule has 0 radical (unpaired) electrons. The van der Waals surface area contributed by atoms with Gasteiger partial charge in [-0.3, -0.25) is 9.59 Å². The zero-order chi connectivity index (χ0) is 20.8. The Morgan fingerprint density at radius 2 is 2.21 bits per heavy atom. The number of fused-ring (bicyclic) bond motifs is 1. The summed E-state index contributed by atoms with van der Waals surface area (Å²) < 4.78 is 16.7. The molecule has 1 N–H and O–H groups in total. The van der Waals surface area contributed by atoms with Gasteiger partial charge < -0.3 is 19.3 Å². The number of carbonyl (C=O) groups is 3. The van der Waals surface area contributed by atoms with Crippen LogP contribution in [0.5, 0.6) is 0 Å². The highest BCUT2D eigenvalue weighted by molar-refractivity contribution is 5.91. The van der Waals surface area contributed by atoms with Crippen LogP contribution in [0.1, 0.15) is 33.1 Å². The van der Waals surface area contributed by atoms with Crippen molar-refractivity contribution in [2.45, 2.75) is 51.4 Å². The summed E-state index contributed by atoms with van der Waals surface area (Å²) in [5.74, 6) is -2.13. The van der Waals surface area contributed by atoms with Gasteiger partial charge in [-0.15, -0.1) is 0 Å². The highest BCUT2D eigenvalue weighted by Crippen LogP contribution is 2.37. The summed E-state index contributed by atoms with van der Waals surface area (Å²) in [4.78, 5) is 36.5. The van der Waals surface area contributed by atoms with Crippen molar-refractivity contribution in [3.63, 3.8) is 0 Å². The number of aliphatic hydroxyl groups excluding tert-OH is 1. The number of carbonyl (C=O) groups excluding carboxylic acids is 3. The normalized spacial score (nSPS) is 31.0. The molecule has 1 heterocycles. The lowest BCUT2D eigenvalue weighted by molar-refractivity contribution is -0.164. The summed E-state index contributed by atoms with van der Waals surface area (Å²) in [7, 11) is 1.42. The number of rotatable bonds is 6. The minimum atomic E-state index is -0.971. The standard InChI is InChI=1S/C21H28O7/c1-5-12(2)20(24)28-19-17-13(3)21(25)27-16(17)9-14(10-22)7-6-8-15(11-23)18(19)26-4/h8-9,11-12,16-19,22H,3,5-7,10H2,1-2,4H3/b14-9?,15-8-. The Balaban J connectivity index is 2.56. The molecule has 1 saturated heterocycles. The van der Waals surface area contributed by atoms with E-state index in [1.54, 1.807) is 19.1 Å². The molecule has 1 aliphatic heterocycles. The molecular weight excluding hydrogens is 364 g/mol. The van der Waals surface area contributed by atoms with E-state index in [-0.39, 0.29) is 18.1 Å². The fourth-order valence-electron chi connectivity index (χ4n) is 3.43. The Labute approximate surface area is 165 Å². The number of ether oxygens (including phenoxy) is 3. The number of hydrogen-bond donors (Lipinski definition) is 1. The van der Waals surface area contributed by atoms with Gasteiger partial charge in [0.15, 0.2) is 0 Å². The topological polar surface area (TPSA) is 99.1 Å². The van der Waals surface area contributed by atoms with E-state index in [9.17, 15) is 19.5 Å². The van der Waals surface area contributed by atoms with E-state index < -0.39 is 36.2 Å². The number of methoxy groups -OCH3 is 1. The van der Waals surface area contributed by atoms with E-state index in [4.69, 9.17) is 14.2 Å². The van der Waals surface area contributed by atoms with Crippen LogP contribution in [0, 0.1) is 11.8 Å². The predicted octanol–water partition coefficient (Wildman–Crippen LogP) is 1.89. The summed E-state index contributed by atoms with van der Waals surface area (Å²) in [6.07, 6.45) is 3.01. The van der Waals surface area contributed by atoms with Crippen LogP contribution in [0.3, 0.4) is 0 Å². The number of aldehydes is 1. The molecule has 1 aliphatic carbocycles. The Morgan fingerprint density at radius 3 is 2.79 bits per heavy atom. The average molecular weight is 392 g/mol.